The maximum Gasteiger partial charge on any atom is 0.248 e. The van der Waals surface area contributed by atoms with Crippen LogP contribution in [0, 0.1) is 0 Å². The van der Waals surface area contributed by atoms with Crippen molar-refractivity contribution in [3.05, 3.63) is 41.5 Å². The average molecular weight is 392 g/mol. The summed E-state index contributed by atoms with van der Waals surface area (Å²) in [6.07, 6.45) is 2.46. The number of nitrogens with two attached hydrogens (primary N) is 1. The normalized spacial score (nSPS) is 16.5. The van der Waals surface area contributed by atoms with Gasteiger partial charge in [0.1, 0.15) is 17.2 Å². The standard InChI is InChI=1S/C19H24N2O5S/c1-24-14-10-17(25-2)19(18(11-14)26-3)27(22,23)21-16-6-4-5-12-9-13(20)7-8-15(12)16/h7-11,16,21H,4-6,20H2,1-3H3. The van der Waals surface area contributed by atoms with Gasteiger partial charge in [0.2, 0.25) is 10.0 Å². The van der Waals surface area contributed by atoms with Crippen molar-refractivity contribution < 1.29 is 22.6 Å². The Morgan fingerprint density at radius 3 is 2.30 bits per heavy atom. The molecule has 0 saturated heterocycles. The number of ether oxygens (including phenoxy) is 3. The van der Waals surface area contributed by atoms with E-state index in [-0.39, 0.29) is 22.4 Å². The van der Waals surface area contributed by atoms with Crippen molar-refractivity contribution in [2.75, 3.05) is 27.1 Å². The number of methoxy groups -OCH3 is 3. The molecule has 27 heavy (non-hydrogen) atoms. The number of nitrogen functional groups attached to an aromatic ring is 1. The number of benzene rings is 2. The number of anilines is 1. The van der Waals surface area contributed by atoms with Gasteiger partial charge in [-0.25, -0.2) is 13.1 Å². The van der Waals surface area contributed by atoms with Crippen molar-refractivity contribution in [3.8, 4) is 17.2 Å². The van der Waals surface area contributed by atoms with Crippen LogP contribution in [0.1, 0.15) is 30.0 Å². The van der Waals surface area contributed by atoms with E-state index in [1.807, 2.05) is 12.1 Å². The summed E-state index contributed by atoms with van der Waals surface area (Å²) in [6, 6.07) is 8.29. The Kier molecular flexibility index (Phi) is 5.48. The fourth-order valence-corrected chi connectivity index (χ4v) is 4.99. The monoisotopic (exact) mass is 392 g/mol. The van der Waals surface area contributed by atoms with E-state index < -0.39 is 10.0 Å². The van der Waals surface area contributed by atoms with E-state index in [4.69, 9.17) is 19.9 Å². The van der Waals surface area contributed by atoms with Gasteiger partial charge in [0.25, 0.3) is 0 Å². The van der Waals surface area contributed by atoms with Crippen molar-refractivity contribution in [2.45, 2.75) is 30.2 Å². The van der Waals surface area contributed by atoms with Gasteiger partial charge in [0.15, 0.2) is 4.90 Å². The molecule has 3 N–H and O–H groups in total. The molecule has 2 aromatic rings. The summed E-state index contributed by atoms with van der Waals surface area (Å²) >= 11 is 0. The first-order valence-corrected chi connectivity index (χ1v) is 10.1. The van der Waals surface area contributed by atoms with Gasteiger partial charge in [-0.2, -0.15) is 0 Å². The number of hydrogen-bond acceptors (Lipinski definition) is 6. The highest BCUT2D eigenvalue weighted by Crippen LogP contribution is 2.39. The fraction of sp³-hybridized carbons (Fsp3) is 0.368. The average Bonchev–Trinajstić information content (AvgIpc) is 2.66. The predicted molar refractivity (Wildman–Crippen MR) is 103 cm³/mol. The molecule has 1 aliphatic carbocycles. The lowest BCUT2D eigenvalue weighted by Gasteiger charge is -2.27. The first kappa shape index (κ1) is 19.3. The van der Waals surface area contributed by atoms with Gasteiger partial charge in [0.05, 0.1) is 21.3 Å². The quantitative estimate of drug-likeness (QED) is 0.733. The van der Waals surface area contributed by atoms with Crippen LogP contribution in [0.25, 0.3) is 0 Å². The fourth-order valence-electron chi connectivity index (χ4n) is 3.44. The summed E-state index contributed by atoms with van der Waals surface area (Å²) in [4.78, 5) is -0.0455. The molecule has 0 bridgehead atoms. The molecular weight excluding hydrogens is 368 g/mol. The summed E-state index contributed by atoms with van der Waals surface area (Å²) in [6.45, 7) is 0. The summed E-state index contributed by atoms with van der Waals surface area (Å²) in [5.74, 6) is 0.764. The van der Waals surface area contributed by atoms with E-state index in [1.165, 1.54) is 33.5 Å². The molecule has 1 unspecified atom stereocenters. The number of sulfonamides is 1. The molecule has 0 radical (unpaired) electrons. The minimum atomic E-state index is -3.91. The van der Waals surface area contributed by atoms with Gasteiger partial charge in [0, 0.05) is 23.9 Å². The molecular formula is C19H24N2O5S. The Morgan fingerprint density at radius 1 is 1.04 bits per heavy atom. The third-order valence-corrected chi connectivity index (χ3v) is 6.25. The third-order valence-electron chi connectivity index (χ3n) is 4.72. The molecule has 146 valence electrons. The van der Waals surface area contributed by atoms with Crippen molar-refractivity contribution in [2.24, 2.45) is 0 Å². The molecule has 0 aromatic heterocycles. The van der Waals surface area contributed by atoms with Gasteiger partial charge in [-0.05, 0) is 42.5 Å². The molecule has 2 aromatic carbocycles. The van der Waals surface area contributed by atoms with Crippen LogP contribution in [-0.4, -0.2) is 29.7 Å². The first-order chi connectivity index (χ1) is 12.9. The highest BCUT2D eigenvalue weighted by Gasteiger charge is 2.31. The Hall–Kier alpha value is -2.45. The predicted octanol–water partition coefficient (Wildman–Crippen LogP) is 2.65. The minimum Gasteiger partial charge on any atom is -0.496 e. The van der Waals surface area contributed by atoms with Gasteiger partial charge in [-0.1, -0.05) is 6.07 Å². The lowest BCUT2D eigenvalue weighted by atomic mass is 9.88. The molecule has 8 heteroatoms. The van der Waals surface area contributed by atoms with Crippen molar-refractivity contribution in [3.63, 3.8) is 0 Å². The van der Waals surface area contributed by atoms with E-state index in [0.29, 0.717) is 17.9 Å². The molecule has 3 rings (SSSR count). The zero-order valence-corrected chi connectivity index (χ0v) is 16.4. The van der Waals surface area contributed by atoms with E-state index in [0.717, 1.165) is 24.0 Å². The van der Waals surface area contributed by atoms with Crippen LogP contribution in [0.5, 0.6) is 17.2 Å². The highest BCUT2D eigenvalue weighted by atomic mass is 32.2. The summed E-state index contributed by atoms with van der Waals surface area (Å²) in [5, 5.41) is 0. The van der Waals surface area contributed by atoms with E-state index in [2.05, 4.69) is 4.72 Å². The second kappa shape index (κ2) is 7.66. The third kappa shape index (κ3) is 3.81. The zero-order chi connectivity index (χ0) is 19.6. The Bertz CT molecular complexity index is 918. The molecule has 0 fully saturated rings. The summed E-state index contributed by atoms with van der Waals surface area (Å²) in [7, 11) is 0.399. The molecule has 1 aliphatic rings. The van der Waals surface area contributed by atoms with Crippen molar-refractivity contribution in [1.82, 2.24) is 4.72 Å². The smallest absolute Gasteiger partial charge is 0.248 e. The highest BCUT2D eigenvalue weighted by molar-refractivity contribution is 7.89. The second-order valence-corrected chi connectivity index (χ2v) is 8.04. The lowest BCUT2D eigenvalue weighted by molar-refractivity contribution is 0.358. The first-order valence-electron chi connectivity index (χ1n) is 8.60. The molecule has 0 aliphatic heterocycles. The number of nitrogens with one attached hydrogen (secondary N) is 1. The zero-order valence-electron chi connectivity index (χ0n) is 15.6. The topological polar surface area (TPSA) is 99.9 Å². The molecule has 0 saturated carbocycles. The molecule has 0 heterocycles. The maximum absolute atomic E-state index is 13.2. The van der Waals surface area contributed by atoms with Crippen molar-refractivity contribution >= 4 is 15.7 Å². The van der Waals surface area contributed by atoms with Gasteiger partial charge >= 0.3 is 0 Å². The van der Waals surface area contributed by atoms with Gasteiger partial charge < -0.3 is 19.9 Å². The van der Waals surface area contributed by atoms with Crippen LogP contribution in [0.3, 0.4) is 0 Å². The maximum atomic E-state index is 13.2. The van der Waals surface area contributed by atoms with Crippen LogP contribution in [-0.2, 0) is 16.4 Å². The van der Waals surface area contributed by atoms with Gasteiger partial charge in [-0.15, -0.1) is 0 Å². The van der Waals surface area contributed by atoms with E-state index in [1.54, 1.807) is 6.07 Å². The van der Waals surface area contributed by atoms with E-state index >= 15 is 0 Å². The largest absolute Gasteiger partial charge is 0.496 e. The SMILES string of the molecule is COc1cc(OC)c(S(=O)(=O)NC2CCCc3cc(N)ccc32)c(OC)c1. The van der Waals surface area contributed by atoms with Crippen LogP contribution >= 0.6 is 0 Å². The summed E-state index contributed by atoms with van der Waals surface area (Å²) < 4.78 is 45.0. The van der Waals surface area contributed by atoms with Crippen LogP contribution < -0.4 is 24.7 Å². The minimum absolute atomic E-state index is 0.0455. The van der Waals surface area contributed by atoms with Crippen LogP contribution in [0.15, 0.2) is 35.2 Å². The number of aryl methyl sites for hydroxylation is 1. The van der Waals surface area contributed by atoms with Crippen LogP contribution in [0.2, 0.25) is 0 Å². The molecule has 0 spiro atoms. The Morgan fingerprint density at radius 2 is 1.70 bits per heavy atom. The lowest BCUT2D eigenvalue weighted by Crippen LogP contribution is -2.31. The molecule has 7 nitrogen and oxygen atoms in total. The number of fused-ring (bicyclic) bond motifs is 1. The molecule has 0 amide bonds. The Balaban J connectivity index is 2.02. The Labute approximate surface area is 159 Å². The van der Waals surface area contributed by atoms with Crippen molar-refractivity contribution in [1.29, 1.82) is 0 Å². The number of rotatable bonds is 6. The summed E-state index contributed by atoms with van der Waals surface area (Å²) in [5.41, 5.74) is 8.56. The van der Waals surface area contributed by atoms with Crippen LogP contribution in [0.4, 0.5) is 5.69 Å². The van der Waals surface area contributed by atoms with E-state index in [9.17, 15) is 8.42 Å². The molecule has 1 atom stereocenters. The second-order valence-electron chi connectivity index (χ2n) is 6.39. The number of hydrogen-bond donors (Lipinski definition) is 2. The van der Waals surface area contributed by atoms with Gasteiger partial charge in [-0.3, -0.25) is 0 Å².